The number of benzene rings is 1. The third-order valence-corrected chi connectivity index (χ3v) is 4.19. The van der Waals surface area contributed by atoms with Crippen molar-refractivity contribution in [3.63, 3.8) is 0 Å². The van der Waals surface area contributed by atoms with Crippen molar-refractivity contribution in [3.8, 4) is 5.69 Å². The summed E-state index contributed by atoms with van der Waals surface area (Å²) in [5.41, 5.74) is 1.86. The van der Waals surface area contributed by atoms with Gasteiger partial charge in [-0.2, -0.15) is 0 Å². The number of aromatic nitrogens is 1. The fraction of sp³-hybridized carbons (Fsp3) is 0.0588. The molecule has 2 aromatic rings. The van der Waals surface area contributed by atoms with Gasteiger partial charge in [-0.15, -0.1) is 6.58 Å². The molecule has 0 atom stereocenters. The Hall–Kier alpha value is -2.53. The highest BCUT2D eigenvalue weighted by Crippen LogP contribution is 2.32. The van der Waals surface area contributed by atoms with E-state index in [0.29, 0.717) is 4.91 Å². The van der Waals surface area contributed by atoms with Gasteiger partial charge in [0.2, 0.25) is 0 Å². The molecule has 22 heavy (non-hydrogen) atoms. The maximum Gasteiger partial charge on any atom is 0.293 e. The first kappa shape index (κ1) is 14.4. The Bertz CT molecular complexity index is 762. The molecule has 1 fully saturated rings. The van der Waals surface area contributed by atoms with Crippen molar-refractivity contribution in [2.75, 3.05) is 6.54 Å². The number of rotatable bonds is 4. The van der Waals surface area contributed by atoms with E-state index in [9.17, 15) is 9.59 Å². The number of nitrogens with zero attached hydrogens (tertiary/aromatic N) is 2. The van der Waals surface area contributed by atoms with E-state index in [-0.39, 0.29) is 17.7 Å². The van der Waals surface area contributed by atoms with Crippen LogP contribution in [0.15, 0.2) is 66.2 Å². The van der Waals surface area contributed by atoms with Crippen LogP contribution in [0.4, 0.5) is 4.79 Å². The predicted octanol–water partition coefficient (Wildman–Crippen LogP) is 3.70. The first-order valence-corrected chi connectivity index (χ1v) is 7.61. The molecule has 0 saturated carbocycles. The van der Waals surface area contributed by atoms with E-state index in [1.807, 2.05) is 53.2 Å². The Morgan fingerprint density at radius 2 is 1.86 bits per heavy atom. The van der Waals surface area contributed by atoms with Gasteiger partial charge in [-0.05, 0) is 42.1 Å². The lowest BCUT2D eigenvalue weighted by Gasteiger charge is -2.08. The fourth-order valence-electron chi connectivity index (χ4n) is 2.26. The van der Waals surface area contributed by atoms with Crippen molar-refractivity contribution in [2.45, 2.75) is 0 Å². The molecular formula is C17H14N2O2S. The highest BCUT2D eigenvalue weighted by atomic mass is 32.2. The van der Waals surface area contributed by atoms with Gasteiger partial charge in [0.15, 0.2) is 0 Å². The Morgan fingerprint density at radius 1 is 1.09 bits per heavy atom. The average Bonchev–Trinajstić information content (AvgIpc) is 3.09. The number of carbonyl (C=O) groups is 2. The molecule has 2 heterocycles. The Balaban J connectivity index is 1.94. The molecule has 0 aliphatic carbocycles. The van der Waals surface area contributed by atoms with Crippen LogP contribution in [0.3, 0.4) is 0 Å². The molecular weight excluding hydrogens is 296 g/mol. The fourth-order valence-corrected chi connectivity index (χ4v) is 3.09. The molecule has 110 valence electrons. The lowest BCUT2D eigenvalue weighted by molar-refractivity contribution is -0.122. The lowest BCUT2D eigenvalue weighted by atomic mass is 10.3. The van der Waals surface area contributed by atoms with Gasteiger partial charge in [-0.1, -0.05) is 24.3 Å². The Morgan fingerprint density at radius 3 is 2.59 bits per heavy atom. The lowest BCUT2D eigenvalue weighted by Crippen LogP contribution is -2.27. The number of hydrogen-bond acceptors (Lipinski definition) is 3. The molecule has 1 aliphatic rings. The summed E-state index contributed by atoms with van der Waals surface area (Å²) in [4.78, 5) is 25.7. The zero-order chi connectivity index (χ0) is 15.5. The average molecular weight is 310 g/mol. The van der Waals surface area contributed by atoms with Gasteiger partial charge in [0.05, 0.1) is 4.91 Å². The van der Waals surface area contributed by atoms with E-state index >= 15 is 0 Å². The van der Waals surface area contributed by atoms with Crippen molar-refractivity contribution in [1.82, 2.24) is 9.47 Å². The minimum absolute atomic E-state index is 0.238. The van der Waals surface area contributed by atoms with Crippen LogP contribution in [0.25, 0.3) is 11.8 Å². The van der Waals surface area contributed by atoms with E-state index < -0.39 is 0 Å². The number of hydrogen-bond donors (Lipinski definition) is 0. The summed E-state index contributed by atoms with van der Waals surface area (Å²) in [6.45, 7) is 3.81. The van der Waals surface area contributed by atoms with Crippen LogP contribution in [-0.4, -0.2) is 27.2 Å². The second kappa shape index (κ2) is 6.07. The number of carbonyl (C=O) groups excluding carboxylic acids is 2. The normalized spacial score (nSPS) is 16.5. The third kappa shape index (κ3) is 2.63. The first-order chi connectivity index (χ1) is 10.7. The Labute approximate surface area is 132 Å². The van der Waals surface area contributed by atoms with E-state index in [0.717, 1.165) is 23.1 Å². The maximum atomic E-state index is 12.2. The van der Waals surface area contributed by atoms with Gasteiger partial charge in [-0.3, -0.25) is 14.5 Å². The second-order valence-electron chi connectivity index (χ2n) is 4.72. The van der Waals surface area contributed by atoms with Crippen LogP contribution in [-0.2, 0) is 4.79 Å². The number of para-hydroxylation sites is 1. The minimum atomic E-state index is -0.268. The highest BCUT2D eigenvalue weighted by Gasteiger charge is 2.34. The molecule has 3 rings (SSSR count). The van der Waals surface area contributed by atoms with Crippen molar-refractivity contribution < 1.29 is 9.59 Å². The monoisotopic (exact) mass is 310 g/mol. The minimum Gasteiger partial charge on any atom is -0.317 e. The predicted molar refractivity (Wildman–Crippen MR) is 88.6 cm³/mol. The van der Waals surface area contributed by atoms with E-state index in [1.54, 1.807) is 12.2 Å². The van der Waals surface area contributed by atoms with E-state index in [4.69, 9.17) is 0 Å². The summed E-state index contributed by atoms with van der Waals surface area (Å²) in [5, 5.41) is -0.256. The van der Waals surface area contributed by atoms with Crippen LogP contribution in [0, 0.1) is 0 Å². The second-order valence-corrected chi connectivity index (χ2v) is 5.71. The summed E-state index contributed by atoms with van der Waals surface area (Å²) < 4.78 is 1.97. The van der Waals surface area contributed by atoms with E-state index in [1.165, 1.54) is 4.90 Å². The molecule has 0 bridgehead atoms. The summed E-state index contributed by atoms with van der Waals surface area (Å²) in [7, 11) is 0. The molecule has 5 heteroatoms. The van der Waals surface area contributed by atoms with Crippen LogP contribution >= 0.6 is 11.8 Å². The van der Waals surface area contributed by atoms with Crippen LogP contribution in [0.5, 0.6) is 0 Å². The molecule has 1 aromatic carbocycles. The maximum absolute atomic E-state index is 12.2. The van der Waals surface area contributed by atoms with Gasteiger partial charge in [0, 0.05) is 24.1 Å². The van der Waals surface area contributed by atoms with Gasteiger partial charge >= 0.3 is 0 Å². The number of amides is 2. The third-order valence-electron chi connectivity index (χ3n) is 3.28. The standard InChI is InChI=1S/C17H14N2O2S/c1-2-10-19-16(20)15(22-17(19)21)12-14-9-6-11-18(14)13-7-4-3-5-8-13/h2-9,11-12H,1,10H2/b15-12+. The van der Waals surface area contributed by atoms with Crippen molar-refractivity contribution in [1.29, 1.82) is 0 Å². The summed E-state index contributed by atoms with van der Waals surface area (Å²) in [6.07, 6.45) is 5.22. The summed E-state index contributed by atoms with van der Waals surface area (Å²) in [6, 6.07) is 13.7. The van der Waals surface area contributed by atoms with Crippen LogP contribution in [0.2, 0.25) is 0 Å². The first-order valence-electron chi connectivity index (χ1n) is 6.80. The Kier molecular flexibility index (Phi) is 3.98. The SMILES string of the molecule is C=CCN1C(=O)S/C(=C/c2cccn2-c2ccccc2)C1=O. The summed E-state index contributed by atoms with van der Waals surface area (Å²) in [5.74, 6) is -0.268. The smallest absolute Gasteiger partial charge is 0.293 e. The molecule has 0 radical (unpaired) electrons. The zero-order valence-corrected chi connectivity index (χ0v) is 12.6. The number of imide groups is 1. The summed E-state index contributed by atoms with van der Waals surface area (Å²) >= 11 is 0.961. The molecule has 1 aromatic heterocycles. The molecule has 4 nitrogen and oxygen atoms in total. The van der Waals surface area contributed by atoms with Gasteiger partial charge < -0.3 is 4.57 Å². The van der Waals surface area contributed by atoms with Crippen LogP contribution in [0.1, 0.15) is 5.69 Å². The van der Waals surface area contributed by atoms with Gasteiger partial charge in [0.1, 0.15) is 0 Å². The zero-order valence-electron chi connectivity index (χ0n) is 11.8. The molecule has 0 N–H and O–H groups in total. The quantitative estimate of drug-likeness (QED) is 0.639. The molecule has 1 saturated heterocycles. The van der Waals surface area contributed by atoms with E-state index in [2.05, 4.69) is 6.58 Å². The largest absolute Gasteiger partial charge is 0.317 e. The van der Waals surface area contributed by atoms with Crippen LogP contribution < -0.4 is 0 Å². The topological polar surface area (TPSA) is 42.3 Å². The van der Waals surface area contributed by atoms with Crippen molar-refractivity contribution in [3.05, 3.63) is 71.9 Å². The van der Waals surface area contributed by atoms with Gasteiger partial charge in [0.25, 0.3) is 11.1 Å². The molecule has 1 aliphatic heterocycles. The molecule has 0 spiro atoms. The molecule has 0 unspecified atom stereocenters. The van der Waals surface area contributed by atoms with Gasteiger partial charge in [-0.25, -0.2) is 0 Å². The molecule has 2 amide bonds. The highest BCUT2D eigenvalue weighted by molar-refractivity contribution is 8.18. The van der Waals surface area contributed by atoms with Crippen molar-refractivity contribution in [2.24, 2.45) is 0 Å². The van der Waals surface area contributed by atoms with Crippen molar-refractivity contribution >= 4 is 29.0 Å². The number of thioether (sulfide) groups is 1.